The molecule has 0 atom stereocenters. The second-order valence-electron chi connectivity index (χ2n) is 10.8. The van der Waals surface area contributed by atoms with Gasteiger partial charge in [-0.25, -0.2) is 9.18 Å². The van der Waals surface area contributed by atoms with Crippen molar-refractivity contribution in [3.63, 3.8) is 0 Å². The first-order valence-corrected chi connectivity index (χ1v) is 14.7. The van der Waals surface area contributed by atoms with E-state index >= 15 is 0 Å². The Hall–Kier alpha value is -2.87. The van der Waals surface area contributed by atoms with Crippen molar-refractivity contribution in [3.05, 3.63) is 59.4 Å². The van der Waals surface area contributed by atoms with Crippen molar-refractivity contribution in [2.24, 2.45) is 11.8 Å². The lowest BCUT2D eigenvalue weighted by Gasteiger charge is -2.28. The zero-order valence-electron chi connectivity index (χ0n) is 23.1. The Morgan fingerprint density at radius 3 is 2.08 bits per heavy atom. The number of rotatable bonds is 16. The van der Waals surface area contributed by atoms with Gasteiger partial charge in [-0.3, -0.25) is 0 Å². The van der Waals surface area contributed by atoms with Crippen molar-refractivity contribution in [1.29, 1.82) is 5.26 Å². The highest BCUT2D eigenvalue weighted by Gasteiger charge is 2.20. The minimum atomic E-state index is -0.741. The molecule has 0 radical (unpaired) electrons. The summed E-state index contributed by atoms with van der Waals surface area (Å²) in [5, 5.41) is 8.82. The van der Waals surface area contributed by atoms with Crippen molar-refractivity contribution < 1.29 is 18.7 Å². The lowest BCUT2D eigenvalue weighted by atomic mass is 9.78. The fraction of sp³-hybridized carbons (Fsp3) is 0.576. The normalized spacial score (nSPS) is 17.1. The van der Waals surface area contributed by atoms with Crippen LogP contribution < -0.4 is 9.47 Å². The van der Waals surface area contributed by atoms with Gasteiger partial charge in [-0.2, -0.15) is 5.26 Å². The number of ether oxygens (including phenoxy) is 2. The van der Waals surface area contributed by atoms with E-state index in [1.165, 1.54) is 102 Å². The molecule has 206 valence electrons. The van der Waals surface area contributed by atoms with Crippen LogP contribution in [0.3, 0.4) is 0 Å². The number of benzene rings is 2. The number of nitriles is 1. The number of nitrogens with zero attached hydrogens (tertiary/aromatic N) is 1. The van der Waals surface area contributed by atoms with Gasteiger partial charge in [-0.05, 0) is 67.1 Å². The van der Waals surface area contributed by atoms with Gasteiger partial charge in [0.2, 0.25) is 0 Å². The average Bonchev–Trinajstić information content (AvgIpc) is 2.94. The number of carbonyl (C=O) groups is 1. The zero-order chi connectivity index (χ0) is 27.0. The van der Waals surface area contributed by atoms with E-state index in [1.54, 1.807) is 24.3 Å². The Labute approximate surface area is 228 Å². The van der Waals surface area contributed by atoms with Crippen LogP contribution in [0.5, 0.6) is 11.5 Å². The van der Waals surface area contributed by atoms with Gasteiger partial charge in [-0.1, -0.05) is 90.4 Å². The van der Waals surface area contributed by atoms with E-state index in [0.29, 0.717) is 17.9 Å². The molecule has 0 unspecified atom stereocenters. The third-order valence-corrected chi connectivity index (χ3v) is 7.81. The molecule has 0 heterocycles. The molecule has 0 bridgehead atoms. The Balaban J connectivity index is 1.25. The Morgan fingerprint density at radius 2 is 1.47 bits per heavy atom. The largest absolute Gasteiger partial charge is 0.494 e. The maximum Gasteiger partial charge on any atom is 0.343 e. The smallest absolute Gasteiger partial charge is 0.343 e. The summed E-state index contributed by atoms with van der Waals surface area (Å²) < 4.78 is 25.0. The molecule has 0 N–H and O–H groups in total. The van der Waals surface area contributed by atoms with Gasteiger partial charge in [0.15, 0.2) is 11.6 Å². The lowest BCUT2D eigenvalue weighted by molar-refractivity contribution is 0.0728. The molecule has 0 spiro atoms. The third kappa shape index (κ3) is 10.5. The molecule has 1 saturated carbocycles. The summed E-state index contributed by atoms with van der Waals surface area (Å²) in [6, 6.07) is 12.3. The van der Waals surface area contributed by atoms with Gasteiger partial charge in [0.25, 0.3) is 0 Å². The number of esters is 1. The molecule has 5 heteroatoms. The molecule has 1 aliphatic rings. The van der Waals surface area contributed by atoms with Crippen LogP contribution in [-0.2, 0) is 0 Å². The summed E-state index contributed by atoms with van der Waals surface area (Å²) in [7, 11) is 0. The molecule has 2 aromatic carbocycles. The minimum absolute atomic E-state index is 0.172. The van der Waals surface area contributed by atoms with E-state index < -0.39 is 11.8 Å². The minimum Gasteiger partial charge on any atom is -0.494 e. The maximum absolute atomic E-state index is 14.0. The lowest BCUT2D eigenvalue weighted by Crippen LogP contribution is -2.15. The first kappa shape index (κ1) is 29.7. The van der Waals surface area contributed by atoms with Crippen molar-refractivity contribution in [2.75, 3.05) is 6.61 Å². The molecule has 0 aliphatic heterocycles. The van der Waals surface area contributed by atoms with E-state index in [9.17, 15) is 9.18 Å². The number of halogens is 1. The van der Waals surface area contributed by atoms with Crippen molar-refractivity contribution in [2.45, 2.75) is 103 Å². The molecular formula is C33H44FNO3. The highest BCUT2D eigenvalue weighted by Crippen LogP contribution is 2.34. The van der Waals surface area contributed by atoms with E-state index in [-0.39, 0.29) is 11.3 Å². The highest BCUT2D eigenvalue weighted by atomic mass is 19.1. The fourth-order valence-corrected chi connectivity index (χ4v) is 5.44. The molecule has 1 fully saturated rings. The van der Waals surface area contributed by atoms with Gasteiger partial charge in [0.1, 0.15) is 5.75 Å². The fourth-order valence-electron chi connectivity index (χ4n) is 5.44. The standard InChI is InChI=1S/C33H44FNO3/c1-2-3-4-5-6-7-8-9-11-26-13-15-27(16-14-26)12-10-23-37-30-20-18-29(19-21-30)33(36)38-32-22-17-28(25-35)24-31(32)34/h17-22,24,26-27H,2-16,23H2,1H3/t26-,27-. The maximum atomic E-state index is 14.0. The average molecular weight is 522 g/mol. The summed E-state index contributed by atoms with van der Waals surface area (Å²) in [5.41, 5.74) is 0.482. The van der Waals surface area contributed by atoms with Crippen LogP contribution in [0.15, 0.2) is 42.5 Å². The number of hydrogen-bond acceptors (Lipinski definition) is 4. The topological polar surface area (TPSA) is 59.3 Å². The van der Waals surface area contributed by atoms with E-state index in [0.717, 1.165) is 24.3 Å². The monoisotopic (exact) mass is 521 g/mol. The molecule has 1 aliphatic carbocycles. The molecule has 38 heavy (non-hydrogen) atoms. The predicted molar refractivity (Wildman–Crippen MR) is 150 cm³/mol. The Kier molecular flexibility index (Phi) is 13.2. The van der Waals surface area contributed by atoms with Crippen LogP contribution in [0, 0.1) is 29.0 Å². The quantitative estimate of drug-likeness (QED) is 0.125. The number of carbonyl (C=O) groups excluding carboxylic acids is 1. The van der Waals surface area contributed by atoms with Gasteiger partial charge < -0.3 is 9.47 Å². The first-order valence-electron chi connectivity index (χ1n) is 14.7. The van der Waals surface area contributed by atoms with Crippen LogP contribution in [0.4, 0.5) is 4.39 Å². The molecule has 3 rings (SSSR count). The zero-order valence-corrected chi connectivity index (χ0v) is 23.1. The van der Waals surface area contributed by atoms with Gasteiger partial charge in [0, 0.05) is 0 Å². The molecular weight excluding hydrogens is 477 g/mol. The second kappa shape index (κ2) is 16.9. The predicted octanol–water partition coefficient (Wildman–Crippen LogP) is 9.41. The van der Waals surface area contributed by atoms with Crippen LogP contribution >= 0.6 is 0 Å². The summed E-state index contributed by atoms with van der Waals surface area (Å²) in [6.45, 7) is 2.94. The van der Waals surface area contributed by atoms with Crippen molar-refractivity contribution >= 4 is 5.97 Å². The molecule has 2 aromatic rings. The SMILES string of the molecule is CCCCCCCCCC[C@H]1CC[C@H](CCCOc2ccc(C(=O)Oc3ccc(C#N)cc3F)cc2)CC1. The van der Waals surface area contributed by atoms with Crippen LogP contribution in [-0.4, -0.2) is 12.6 Å². The molecule has 0 saturated heterocycles. The number of unbranched alkanes of at least 4 members (excludes halogenated alkanes) is 7. The summed E-state index contributed by atoms with van der Waals surface area (Å²) in [6.07, 6.45) is 20.4. The van der Waals surface area contributed by atoms with E-state index in [1.807, 2.05) is 6.07 Å². The highest BCUT2D eigenvalue weighted by molar-refractivity contribution is 5.91. The van der Waals surface area contributed by atoms with E-state index in [2.05, 4.69) is 6.92 Å². The summed E-state index contributed by atoms with van der Waals surface area (Å²) in [5.74, 6) is 0.888. The second-order valence-corrected chi connectivity index (χ2v) is 10.8. The van der Waals surface area contributed by atoms with Gasteiger partial charge in [-0.15, -0.1) is 0 Å². The summed E-state index contributed by atoms with van der Waals surface area (Å²) >= 11 is 0. The first-order chi connectivity index (χ1) is 18.6. The van der Waals surface area contributed by atoms with Gasteiger partial charge >= 0.3 is 5.97 Å². The molecule has 0 aromatic heterocycles. The van der Waals surface area contributed by atoms with Crippen LogP contribution in [0.2, 0.25) is 0 Å². The van der Waals surface area contributed by atoms with Crippen molar-refractivity contribution in [1.82, 2.24) is 0 Å². The Morgan fingerprint density at radius 1 is 0.868 bits per heavy atom. The van der Waals surface area contributed by atoms with E-state index in [4.69, 9.17) is 14.7 Å². The molecule has 4 nitrogen and oxygen atoms in total. The Bertz CT molecular complexity index is 1010. The van der Waals surface area contributed by atoms with Crippen molar-refractivity contribution in [3.8, 4) is 17.6 Å². The summed E-state index contributed by atoms with van der Waals surface area (Å²) in [4.78, 5) is 12.3. The number of hydrogen-bond donors (Lipinski definition) is 0. The third-order valence-electron chi connectivity index (χ3n) is 7.81. The van der Waals surface area contributed by atoms with Crippen LogP contribution in [0.1, 0.15) is 119 Å². The molecule has 0 amide bonds. The van der Waals surface area contributed by atoms with Gasteiger partial charge in [0.05, 0.1) is 23.8 Å². The van der Waals surface area contributed by atoms with Crippen LogP contribution in [0.25, 0.3) is 0 Å².